The van der Waals surface area contributed by atoms with Gasteiger partial charge in [0.25, 0.3) is 0 Å². The fraction of sp³-hybridized carbons (Fsp3) is 0.625. The first-order valence-corrected chi connectivity index (χ1v) is 7.13. The van der Waals surface area contributed by atoms with Crippen molar-refractivity contribution in [3.05, 3.63) is 23.8 Å². The van der Waals surface area contributed by atoms with Crippen molar-refractivity contribution in [2.75, 3.05) is 27.3 Å². The van der Waals surface area contributed by atoms with Crippen molar-refractivity contribution in [1.82, 2.24) is 4.90 Å². The van der Waals surface area contributed by atoms with E-state index in [1.165, 1.54) is 12.8 Å². The molecule has 0 aliphatic carbocycles. The average Bonchev–Trinajstić information content (AvgIpc) is 2.77. The summed E-state index contributed by atoms with van der Waals surface area (Å²) in [4.78, 5) is 2.35. The van der Waals surface area contributed by atoms with Crippen LogP contribution in [-0.4, -0.2) is 42.9 Å². The Hall–Kier alpha value is -1.26. The molecule has 0 radical (unpaired) electrons. The molecule has 2 rings (SSSR count). The smallest absolute Gasteiger partial charge is 0.128 e. The highest BCUT2D eigenvalue weighted by Crippen LogP contribution is 2.34. The van der Waals surface area contributed by atoms with E-state index in [-0.39, 0.29) is 5.54 Å². The molecule has 1 N–H and O–H groups in total. The number of methoxy groups -OCH3 is 2. The Morgan fingerprint density at radius 3 is 2.60 bits per heavy atom. The van der Waals surface area contributed by atoms with Gasteiger partial charge in [0, 0.05) is 23.7 Å². The molecule has 1 aliphatic rings. The molecule has 4 nitrogen and oxygen atoms in total. The summed E-state index contributed by atoms with van der Waals surface area (Å²) < 4.78 is 10.6. The van der Waals surface area contributed by atoms with E-state index in [4.69, 9.17) is 9.47 Å². The van der Waals surface area contributed by atoms with Gasteiger partial charge in [0.15, 0.2) is 0 Å². The SMILES string of the molecule is COc1ccc(C(O)CN2CCCC2(C)C)c(OC)c1. The molecule has 0 bridgehead atoms. The molecule has 0 saturated carbocycles. The molecular weight excluding hydrogens is 254 g/mol. The first kappa shape index (κ1) is 15.1. The summed E-state index contributed by atoms with van der Waals surface area (Å²) in [5.41, 5.74) is 0.983. The van der Waals surface area contributed by atoms with Gasteiger partial charge >= 0.3 is 0 Å². The lowest BCUT2D eigenvalue weighted by molar-refractivity contribution is 0.0763. The fourth-order valence-corrected chi connectivity index (χ4v) is 2.90. The Morgan fingerprint density at radius 2 is 2.05 bits per heavy atom. The molecule has 1 saturated heterocycles. The quantitative estimate of drug-likeness (QED) is 0.899. The van der Waals surface area contributed by atoms with Crippen LogP contribution in [-0.2, 0) is 0 Å². The third-order valence-corrected chi connectivity index (χ3v) is 4.27. The third-order valence-electron chi connectivity index (χ3n) is 4.27. The van der Waals surface area contributed by atoms with Crippen LogP contribution in [0.5, 0.6) is 11.5 Å². The topological polar surface area (TPSA) is 41.9 Å². The summed E-state index contributed by atoms with van der Waals surface area (Å²) in [6.07, 6.45) is 1.83. The zero-order valence-corrected chi connectivity index (χ0v) is 12.8. The summed E-state index contributed by atoms with van der Waals surface area (Å²) >= 11 is 0. The number of likely N-dealkylation sites (tertiary alicyclic amines) is 1. The Bertz CT molecular complexity index is 459. The lowest BCUT2D eigenvalue weighted by Gasteiger charge is -2.33. The second-order valence-electron chi connectivity index (χ2n) is 5.99. The van der Waals surface area contributed by atoms with E-state index >= 15 is 0 Å². The molecule has 0 spiro atoms. The number of ether oxygens (including phenoxy) is 2. The summed E-state index contributed by atoms with van der Waals surface area (Å²) in [7, 11) is 3.24. The van der Waals surface area contributed by atoms with Gasteiger partial charge in [-0.25, -0.2) is 0 Å². The minimum Gasteiger partial charge on any atom is -0.497 e. The van der Waals surface area contributed by atoms with E-state index < -0.39 is 6.10 Å². The van der Waals surface area contributed by atoms with Gasteiger partial charge in [0.05, 0.1) is 20.3 Å². The molecule has 1 atom stereocenters. The number of benzene rings is 1. The first-order chi connectivity index (χ1) is 9.47. The van der Waals surface area contributed by atoms with Crippen LogP contribution < -0.4 is 9.47 Å². The van der Waals surface area contributed by atoms with Crippen molar-refractivity contribution in [2.24, 2.45) is 0 Å². The van der Waals surface area contributed by atoms with Gasteiger partial charge in [-0.3, -0.25) is 4.90 Å². The lowest BCUT2D eigenvalue weighted by atomic mass is 10.0. The molecule has 1 aromatic carbocycles. The maximum atomic E-state index is 10.5. The number of aliphatic hydroxyl groups excluding tert-OH is 1. The molecule has 1 fully saturated rings. The molecule has 4 heteroatoms. The minimum absolute atomic E-state index is 0.167. The van der Waals surface area contributed by atoms with Crippen molar-refractivity contribution < 1.29 is 14.6 Å². The van der Waals surface area contributed by atoms with E-state index in [1.807, 2.05) is 18.2 Å². The molecule has 0 amide bonds. The Morgan fingerprint density at radius 1 is 1.30 bits per heavy atom. The molecule has 112 valence electrons. The number of nitrogens with zero attached hydrogens (tertiary/aromatic N) is 1. The van der Waals surface area contributed by atoms with Crippen molar-refractivity contribution in [1.29, 1.82) is 0 Å². The minimum atomic E-state index is -0.548. The van der Waals surface area contributed by atoms with Gasteiger partial charge in [-0.05, 0) is 45.4 Å². The number of β-amino-alcohol motifs (C(OH)–C–C–N with tert-alkyl or cyclic N) is 1. The molecular formula is C16H25NO3. The Labute approximate surface area is 121 Å². The van der Waals surface area contributed by atoms with Crippen molar-refractivity contribution in [3.8, 4) is 11.5 Å². The molecule has 0 aromatic heterocycles. The predicted octanol–water partition coefficient (Wildman–Crippen LogP) is 2.61. The van der Waals surface area contributed by atoms with E-state index in [0.717, 1.165) is 17.9 Å². The number of aliphatic hydroxyl groups is 1. The van der Waals surface area contributed by atoms with Crippen LogP contribution in [0.4, 0.5) is 0 Å². The van der Waals surface area contributed by atoms with Gasteiger partial charge in [0.2, 0.25) is 0 Å². The average molecular weight is 279 g/mol. The van der Waals surface area contributed by atoms with Crippen molar-refractivity contribution >= 4 is 0 Å². The largest absolute Gasteiger partial charge is 0.497 e. The van der Waals surface area contributed by atoms with E-state index in [1.54, 1.807) is 14.2 Å². The highest BCUT2D eigenvalue weighted by atomic mass is 16.5. The second kappa shape index (κ2) is 6.02. The van der Waals surface area contributed by atoms with Crippen LogP contribution in [0.25, 0.3) is 0 Å². The summed E-state index contributed by atoms with van der Waals surface area (Å²) in [5.74, 6) is 1.41. The molecule has 1 unspecified atom stereocenters. The van der Waals surface area contributed by atoms with E-state index in [9.17, 15) is 5.11 Å². The predicted molar refractivity (Wildman–Crippen MR) is 79.4 cm³/mol. The summed E-state index contributed by atoms with van der Waals surface area (Å²) in [6, 6.07) is 5.55. The first-order valence-electron chi connectivity index (χ1n) is 7.13. The van der Waals surface area contributed by atoms with Crippen LogP contribution >= 0.6 is 0 Å². The number of rotatable bonds is 5. The number of hydrogen-bond acceptors (Lipinski definition) is 4. The van der Waals surface area contributed by atoms with Gasteiger partial charge in [0.1, 0.15) is 11.5 Å². The Kier molecular flexibility index (Phi) is 4.55. The highest BCUT2D eigenvalue weighted by Gasteiger charge is 2.33. The second-order valence-corrected chi connectivity index (χ2v) is 5.99. The maximum absolute atomic E-state index is 10.5. The van der Waals surface area contributed by atoms with Crippen LogP contribution in [0.2, 0.25) is 0 Å². The molecule has 1 heterocycles. The van der Waals surface area contributed by atoms with Gasteiger partial charge < -0.3 is 14.6 Å². The number of hydrogen-bond donors (Lipinski definition) is 1. The molecule has 20 heavy (non-hydrogen) atoms. The van der Waals surface area contributed by atoms with Gasteiger partial charge in [-0.2, -0.15) is 0 Å². The van der Waals surface area contributed by atoms with E-state index in [0.29, 0.717) is 12.3 Å². The zero-order chi connectivity index (χ0) is 14.8. The zero-order valence-electron chi connectivity index (χ0n) is 12.8. The van der Waals surface area contributed by atoms with Crippen LogP contribution in [0, 0.1) is 0 Å². The summed E-state index contributed by atoms with van der Waals surface area (Å²) in [6.45, 7) is 6.15. The van der Waals surface area contributed by atoms with Gasteiger partial charge in [-0.1, -0.05) is 0 Å². The van der Waals surface area contributed by atoms with Crippen molar-refractivity contribution in [2.45, 2.75) is 38.3 Å². The highest BCUT2D eigenvalue weighted by molar-refractivity contribution is 5.42. The van der Waals surface area contributed by atoms with Crippen LogP contribution in [0.3, 0.4) is 0 Å². The van der Waals surface area contributed by atoms with Crippen molar-refractivity contribution in [3.63, 3.8) is 0 Å². The Balaban J connectivity index is 2.14. The lowest BCUT2D eigenvalue weighted by Crippen LogP contribution is -2.40. The monoisotopic (exact) mass is 279 g/mol. The fourth-order valence-electron chi connectivity index (χ4n) is 2.90. The van der Waals surface area contributed by atoms with Crippen LogP contribution in [0.1, 0.15) is 38.4 Å². The third kappa shape index (κ3) is 3.07. The maximum Gasteiger partial charge on any atom is 0.128 e. The molecule has 1 aliphatic heterocycles. The van der Waals surface area contributed by atoms with Crippen LogP contribution in [0.15, 0.2) is 18.2 Å². The van der Waals surface area contributed by atoms with E-state index in [2.05, 4.69) is 18.7 Å². The normalized spacial score (nSPS) is 19.9. The molecule has 1 aromatic rings. The standard InChI is InChI=1S/C16H25NO3/c1-16(2)8-5-9-17(16)11-14(18)13-7-6-12(19-3)10-15(13)20-4/h6-7,10,14,18H,5,8-9,11H2,1-4H3. The summed E-state index contributed by atoms with van der Waals surface area (Å²) in [5, 5.41) is 10.5. The van der Waals surface area contributed by atoms with Gasteiger partial charge in [-0.15, -0.1) is 0 Å².